The van der Waals surface area contributed by atoms with Gasteiger partial charge in [-0.05, 0) is 34.1 Å². The Morgan fingerprint density at radius 2 is 1.80 bits per heavy atom. The fourth-order valence-corrected chi connectivity index (χ4v) is 2.29. The number of benzene rings is 2. The van der Waals surface area contributed by atoms with Gasteiger partial charge < -0.3 is 4.42 Å². The zero-order chi connectivity index (χ0) is 10.4. The molecule has 0 aliphatic rings. The lowest BCUT2D eigenvalue weighted by Gasteiger charge is -1.95. The molecule has 0 atom stereocenters. The smallest absolute Gasteiger partial charge is 0.138 e. The Morgan fingerprint density at radius 3 is 2.67 bits per heavy atom. The van der Waals surface area contributed by atoms with E-state index in [1.165, 1.54) is 6.07 Å². The highest BCUT2D eigenvalue weighted by molar-refractivity contribution is 9.10. The molecule has 0 aliphatic carbocycles. The van der Waals surface area contributed by atoms with Crippen LogP contribution in [0, 0.1) is 5.82 Å². The van der Waals surface area contributed by atoms with Crippen LogP contribution in [-0.4, -0.2) is 0 Å². The maximum atomic E-state index is 13.4. The molecule has 0 amide bonds. The molecule has 3 rings (SSSR count). The molecule has 3 aromatic rings. The van der Waals surface area contributed by atoms with E-state index in [9.17, 15) is 4.39 Å². The van der Waals surface area contributed by atoms with Gasteiger partial charge in [-0.2, -0.15) is 0 Å². The van der Waals surface area contributed by atoms with Gasteiger partial charge in [0.1, 0.15) is 17.0 Å². The molecule has 0 spiro atoms. The van der Waals surface area contributed by atoms with E-state index in [1.807, 2.05) is 24.3 Å². The third-order valence-electron chi connectivity index (χ3n) is 2.43. The second-order valence-corrected chi connectivity index (χ2v) is 4.13. The van der Waals surface area contributed by atoms with Crippen molar-refractivity contribution >= 4 is 37.9 Å². The normalized spacial score (nSPS) is 11.3. The van der Waals surface area contributed by atoms with Crippen molar-refractivity contribution in [2.24, 2.45) is 0 Å². The monoisotopic (exact) mass is 264 g/mol. The molecular formula is C12H6BrFO. The second kappa shape index (κ2) is 3.07. The van der Waals surface area contributed by atoms with Crippen LogP contribution in [0.5, 0.6) is 0 Å². The van der Waals surface area contributed by atoms with E-state index >= 15 is 0 Å². The van der Waals surface area contributed by atoms with Gasteiger partial charge in [0.05, 0.1) is 4.47 Å². The van der Waals surface area contributed by atoms with Gasteiger partial charge in [0, 0.05) is 10.8 Å². The molecule has 15 heavy (non-hydrogen) atoms. The quantitative estimate of drug-likeness (QED) is 0.583. The average molecular weight is 265 g/mol. The number of rotatable bonds is 0. The maximum Gasteiger partial charge on any atom is 0.138 e. The average Bonchev–Trinajstić information content (AvgIpc) is 2.62. The zero-order valence-electron chi connectivity index (χ0n) is 7.63. The van der Waals surface area contributed by atoms with Crippen molar-refractivity contribution in [2.45, 2.75) is 0 Å². The molecule has 3 heteroatoms. The predicted molar refractivity (Wildman–Crippen MR) is 61.4 cm³/mol. The van der Waals surface area contributed by atoms with Crippen LogP contribution in [0.1, 0.15) is 0 Å². The number of furan rings is 1. The van der Waals surface area contributed by atoms with E-state index in [1.54, 1.807) is 6.07 Å². The molecule has 0 bridgehead atoms. The maximum absolute atomic E-state index is 13.4. The Kier molecular flexibility index (Phi) is 1.83. The van der Waals surface area contributed by atoms with Crippen molar-refractivity contribution in [3.63, 3.8) is 0 Å². The van der Waals surface area contributed by atoms with Crippen molar-refractivity contribution in [1.29, 1.82) is 0 Å². The molecule has 0 radical (unpaired) electrons. The lowest BCUT2D eigenvalue weighted by Crippen LogP contribution is -1.76. The van der Waals surface area contributed by atoms with Gasteiger partial charge in [0.2, 0.25) is 0 Å². The number of halogens is 2. The Hall–Kier alpha value is -1.35. The minimum atomic E-state index is -0.269. The first kappa shape index (κ1) is 8.92. The fraction of sp³-hybridized carbons (Fsp3) is 0. The summed E-state index contributed by atoms with van der Waals surface area (Å²) in [4.78, 5) is 0. The molecule has 0 saturated carbocycles. The summed E-state index contributed by atoms with van der Waals surface area (Å²) < 4.78 is 19.4. The molecule has 1 aromatic heterocycles. The molecular weight excluding hydrogens is 259 g/mol. The lowest BCUT2D eigenvalue weighted by atomic mass is 10.1. The third-order valence-corrected chi connectivity index (χ3v) is 3.21. The minimum absolute atomic E-state index is 0.269. The minimum Gasteiger partial charge on any atom is -0.456 e. The van der Waals surface area contributed by atoms with Gasteiger partial charge in [0.15, 0.2) is 0 Å². The van der Waals surface area contributed by atoms with Crippen molar-refractivity contribution in [3.8, 4) is 0 Å². The highest BCUT2D eigenvalue weighted by Crippen LogP contribution is 2.35. The van der Waals surface area contributed by atoms with Gasteiger partial charge in [-0.25, -0.2) is 4.39 Å². The fourth-order valence-electron chi connectivity index (χ4n) is 1.75. The summed E-state index contributed by atoms with van der Waals surface area (Å²) in [5, 5.41) is 1.73. The Bertz CT molecular complexity index is 657. The molecule has 74 valence electrons. The van der Waals surface area contributed by atoms with E-state index in [2.05, 4.69) is 15.9 Å². The number of para-hydroxylation sites is 1. The van der Waals surface area contributed by atoms with Gasteiger partial charge in [-0.15, -0.1) is 0 Å². The summed E-state index contributed by atoms with van der Waals surface area (Å²) in [6.07, 6.45) is 0. The topological polar surface area (TPSA) is 13.1 Å². The largest absolute Gasteiger partial charge is 0.456 e. The standard InChI is InChI=1S/C12H6BrFO/c13-12-8(14)5-6-10-11(12)7-3-1-2-4-9(7)15-10/h1-6H. The van der Waals surface area contributed by atoms with Crippen molar-refractivity contribution in [1.82, 2.24) is 0 Å². The van der Waals surface area contributed by atoms with Crippen LogP contribution in [0.25, 0.3) is 21.9 Å². The molecule has 0 saturated heterocycles. The van der Waals surface area contributed by atoms with Crippen LogP contribution < -0.4 is 0 Å². The van der Waals surface area contributed by atoms with E-state index in [0.717, 1.165) is 16.4 Å². The van der Waals surface area contributed by atoms with E-state index in [-0.39, 0.29) is 5.82 Å². The molecule has 2 aromatic carbocycles. The first-order valence-corrected chi connectivity index (χ1v) is 5.32. The van der Waals surface area contributed by atoms with Crippen LogP contribution in [0.3, 0.4) is 0 Å². The highest BCUT2D eigenvalue weighted by Gasteiger charge is 2.12. The Morgan fingerprint density at radius 1 is 1.00 bits per heavy atom. The number of hydrogen-bond donors (Lipinski definition) is 0. The lowest BCUT2D eigenvalue weighted by molar-refractivity contribution is 0.620. The van der Waals surface area contributed by atoms with Crippen LogP contribution in [0.2, 0.25) is 0 Å². The molecule has 0 aliphatic heterocycles. The Balaban J connectivity index is 2.63. The summed E-state index contributed by atoms with van der Waals surface area (Å²) in [6, 6.07) is 10.7. The summed E-state index contributed by atoms with van der Waals surface area (Å²) in [5.74, 6) is -0.269. The van der Waals surface area contributed by atoms with Crippen LogP contribution >= 0.6 is 15.9 Å². The summed E-state index contributed by atoms with van der Waals surface area (Å²) in [6.45, 7) is 0. The third kappa shape index (κ3) is 1.20. The summed E-state index contributed by atoms with van der Waals surface area (Å²) in [7, 11) is 0. The van der Waals surface area contributed by atoms with Crippen molar-refractivity contribution in [3.05, 3.63) is 46.7 Å². The molecule has 1 heterocycles. The van der Waals surface area contributed by atoms with Crippen molar-refractivity contribution < 1.29 is 8.81 Å². The van der Waals surface area contributed by atoms with Gasteiger partial charge >= 0.3 is 0 Å². The van der Waals surface area contributed by atoms with Gasteiger partial charge in [-0.3, -0.25) is 0 Å². The summed E-state index contributed by atoms with van der Waals surface area (Å²) in [5.41, 5.74) is 1.48. The van der Waals surface area contributed by atoms with Gasteiger partial charge in [-0.1, -0.05) is 18.2 Å². The van der Waals surface area contributed by atoms with E-state index < -0.39 is 0 Å². The molecule has 0 fully saturated rings. The number of hydrogen-bond acceptors (Lipinski definition) is 1. The number of fused-ring (bicyclic) bond motifs is 3. The first-order valence-electron chi connectivity index (χ1n) is 4.52. The first-order chi connectivity index (χ1) is 7.27. The molecule has 0 unspecified atom stereocenters. The second-order valence-electron chi connectivity index (χ2n) is 3.33. The van der Waals surface area contributed by atoms with Crippen LogP contribution in [0.4, 0.5) is 4.39 Å². The van der Waals surface area contributed by atoms with E-state index in [0.29, 0.717) is 10.1 Å². The van der Waals surface area contributed by atoms with E-state index in [4.69, 9.17) is 4.42 Å². The molecule has 0 N–H and O–H groups in total. The zero-order valence-corrected chi connectivity index (χ0v) is 9.21. The Labute approximate surface area is 93.6 Å². The highest BCUT2D eigenvalue weighted by atomic mass is 79.9. The van der Waals surface area contributed by atoms with Gasteiger partial charge in [0.25, 0.3) is 0 Å². The van der Waals surface area contributed by atoms with Crippen molar-refractivity contribution in [2.75, 3.05) is 0 Å². The molecule has 1 nitrogen and oxygen atoms in total. The van der Waals surface area contributed by atoms with Crippen LogP contribution in [0.15, 0.2) is 45.3 Å². The SMILES string of the molecule is Fc1ccc2oc3ccccc3c2c1Br. The predicted octanol–water partition coefficient (Wildman–Crippen LogP) is 4.49. The summed E-state index contributed by atoms with van der Waals surface area (Å²) >= 11 is 3.25. The van der Waals surface area contributed by atoms with Crippen LogP contribution in [-0.2, 0) is 0 Å².